The van der Waals surface area contributed by atoms with Crippen LogP contribution in [-0.2, 0) is 0 Å². The first kappa shape index (κ1) is 31.0. The van der Waals surface area contributed by atoms with Crippen molar-refractivity contribution in [3.63, 3.8) is 0 Å². The molecule has 0 fully saturated rings. The van der Waals surface area contributed by atoms with Crippen molar-refractivity contribution in [2.45, 2.75) is 0 Å². The second-order valence-corrected chi connectivity index (χ2v) is 14.6. The number of hydrogen-bond donors (Lipinski definition) is 0. The molecule has 0 atom stereocenters. The summed E-state index contributed by atoms with van der Waals surface area (Å²) in [6.45, 7) is -0.0949. The van der Waals surface area contributed by atoms with Gasteiger partial charge in [0, 0.05) is 27.4 Å². The number of benzene rings is 7. The quantitative estimate of drug-likeness (QED) is 0.165. The summed E-state index contributed by atoms with van der Waals surface area (Å²) in [5, 5.41) is 2.49. The molecule has 262 valence electrons. The highest BCUT2D eigenvalue weighted by Gasteiger charge is 2.45. The van der Waals surface area contributed by atoms with Crippen LogP contribution in [0.5, 0.6) is 0 Å². The van der Waals surface area contributed by atoms with E-state index in [1.54, 1.807) is 0 Å². The average molecular weight is 716 g/mol. The zero-order valence-electron chi connectivity index (χ0n) is 30.4. The van der Waals surface area contributed by atoms with Gasteiger partial charge in [-0.25, -0.2) is 0 Å². The van der Waals surface area contributed by atoms with Gasteiger partial charge in [-0.2, -0.15) is 0 Å². The Morgan fingerprint density at radius 2 is 0.786 bits per heavy atom. The van der Waals surface area contributed by atoms with Crippen molar-refractivity contribution in [2.75, 3.05) is 9.80 Å². The number of hydrogen-bond acceptors (Lipinski definition) is 2. The van der Waals surface area contributed by atoms with Crippen LogP contribution in [0.3, 0.4) is 0 Å². The van der Waals surface area contributed by atoms with Crippen molar-refractivity contribution in [2.24, 2.45) is 0 Å². The van der Waals surface area contributed by atoms with E-state index < -0.39 is 0 Å². The molecular formula is C50H34BN5. The smallest absolute Gasteiger partial charge is 0.353 e. The van der Waals surface area contributed by atoms with Crippen LogP contribution in [0.15, 0.2) is 207 Å². The van der Waals surface area contributed by atoms with E-state index in [4.69, 9.17) is 0 Å². The summed E-state index contributed by atoms with van der Waals surface area (Å²) in [5.74, 6) is 2.24. The first-order valence-electron chi connectivity index (χ1n) is 19.2. The Kier molecular flexibility index (Phi) is 6.66. The molecule has 0 N–H and O–H groups in total. The summed E-state index contributed by atoms with van der Waals surface area (Å²) in [6, 6.07) is 70.6. The lowest BCUT2D eigenvalue weighted by Gasteiger charge is -2.44. The van der Waals surface area contributed by atoms with Crippen molar-refractivity contribution in [1.29, 1.82) is 0 Å². The Morgan fingerprint density at radius 3 is 1.29 bits per heavy atom. The molecule has 0 aliphatic carbocycles. The molecule has 0 unspecified atom stereocenters. The summed E-state index contributed by atoms with van der Waals surface area (Å²) in [7, 11) is 0. The fourth-order valence-corrected chi connectivity index (χ4v) is 9.36. The lowest BCUT2D eigenvalue weighted by atomic mass is 9.62. The predicted molar refractivity (Wildman–Crippen MR) is 233 cm³/mol. The van der Waals surface area contributed by atoms with Crippen molar-refractivity contribution >= 4 is 68.6 Å². The normalized spacial score (nSPS) is 12.9. The number of nitrogens with zero attached hydrogens (tertiary/aromatic N) is 5. The summed E-state index contributed by atoms with van der Waals surface area (Å²) < 4.78 is 7.34. The zero-order valence-corrected chi connectivity index (χ0v) is 30.4. The lowest BCUT2D eigenvalue weighted by Crippen LogP contribution is -2.55. The standard InChI is InChI=1S/C50H34BN5/c1-3-17-35(18-4-1)38-21-7-11-25-42(38)55-46-33-37(54-44-27-13-9-23-40(44)41-24-10-14-28-45(41)54)34-47-50(46)51(52-31-15-29-48(52)55)53-32-16-30-49(53)56(47)43-26-12-8-22-39(43)36-19-5-2-6-20-36/h1-34H. The van der Waals surface area contributed by atoms with Gasteiger partial charge < -0.3 is 13.5 Å². The molecule has 5 heterocycles. The highest BCUT2D eigenvalue weighted by molar-refractivity contribution is 6.76. The van der Waals surface area contributed by atoms with Crippen LogP contribution >= 0.6 is 0 Å². The Labute approximate surface area is 325 Å². The van der Waals surface area contributed by atoms with Gasteiger partial charge in [-0.1, -0.05) is 133 Å². The maximum absolute atomic E-state index is 2.49. The van der Waals surface area contributed by atoms with Crippen LogP contribution in [0.25, 0.3) is 49.7 Å². The highest BCUT2D eigenvalue weighted by Crippen LogP contribution is 2.50. The second-order valence-electron chi connectivity index (χ2n) is 14.6. The molecule has 6 heteroatoms. The van der Waals surface area contributed by atoms with Crippen molar-refractivity contribution in [3.8, 4) is 27.9 Å². The third kappa shape index (κ3) is 4.38. The molecule has 7 aromatic carbocycles. The molecule has 12 rings (SSSR count). The topological polar surface area (TPSA) is 21.3 Å². The lowest BCUT2D eigenvalue weighted by molar-refractivity contribution is 1.00. The first-order chi connectivity index (χ1) is 27.8. The Bertz CT molecular complexity index is 2920. The van der Waals surface area contributed by atoms with E-state index >= 15 is 0 Å². The molecule has 2 aliphatic heterocycles. The highest BCUT2D eigenvalue weighted by atomic mass is 15.3. The minimum Gasteiger partial charge on any atom is -0.353 e. The Balaban J connectivity index is 1.22. The number of aromatic nitrogens is 3. The minimum atomic E-state index is -0.0949. The fraction of sp³-hybridized carbons (Fsp3) is 0. The van der Waals surface area contributed by atoms with Crippen LogP contribution in [0.4, 0.5) is 34.4 Å². The molecule has 2 aliphatic rings. The van der Waals surface area contributed by atoms with Gasteiger partial charge in [0.2, 0.25) is 0 Å². The number of anilines is 6. The SMILES string of the molecule is c1ccc(-c2ccccc2N2c3cc(-n4c5ccccc5c5ccccc54)cc4c3B(n3cccc32)n2cccc2N4c2ccccc2-c2ccccc2)cc1. The molecule has 3 aromatic heterocycles. The first-order valence-corrected chi connectivity index (χ1v) is 19.2. The van der Waals surface area contributed by atoms with Gasteiger partial charge in [0.15, 0.2) is 0 Å². The van der Waals surface area contributed by atoms with Crippen LogP contribution < -0.4 is 15.3 Å². The molecule has 0 saturated carbocycles. The number of fused-ring (bicyclic) bond motifs is 7. The van der Waals surface area contributed by atoms with Crippen molar-refractivity contribution in [1.82, 2.24) is 13.5 Å². The molecule has 0 amide bonds. The molecule has 56 heavy (non-hydrogen) atoms. The van der Waals surface area contributed by atoms with Gasteiger partial charge in [0.1, 0.15) is 11.6 Å². The summed E-state index contributed by atoms with van der Waals surface area (Å²) >= 11 is 0. The number of para-hydroxylation sites is 4. The van der Waals surface area contributed by atoms with E-state index in [0.29, 0.717) is 0 Å². The molecule has 0 radical (unpaired) electrons. The minimum absolute atomic E-state index is 0.0949. The van der Waals surface area contributed by atoms with Crippen LogP contribution in [0.2, 0.25) is 0 Å². The van der Waals surface area contributed by atoms with E-state index in [0.717, 1.165) is 40.1 Å². The summed E-state index contributed by atoms with van der Waals surface area (Å²) in [5.41, 5.74) is 14.0. The molecule has 5 nitrogen and oxygen atoms in total. The largest absolute Gasteiger partial charge is 0.426 e. The maximum Gasteiger partial charge on any atom is 0.426 e. The molecule has 0 bridgehead atoms. The zero-order chi connectivity index (χ0) is 36.7. The van der Waals surface area contributed by atoms with E-state index in [2.05, 4.69) is 230 Å². The maximum atomic E-state index is 2.49. The predicted octanol–water partition coefficient (Wildman–Crippen LogP) is 12.1. The van der Waals surface area contributed by atoms with Gasteiger partial charge in [0.05, 0.1) is 39.5 Å². The monoisotopic (exact) mass is 715 g/mol. The van der Waals surface area contributed by atoms with Gasteiger partial charge >= 0.3 is 6.98 Å². The molecular weight excluding hydrogens is 681 g/mol. The van der Waals surface area contributed by atoms with Crippen molar-refractivity contribution < 1.29 is 0 Å². The Hall–Kier alpha value is -7.44. The van der Waals surface area contributed by atoms with E-state index in [9.17, 15) is 0 Å². The van der Waals surface area contributed by atoms with Gasteiger partial charge in [-0.05, 0) is 84.2 Å². The third-order valence-electron chi connectivity index (χ3n) is 11.7. The van der Waals surface area contributed by atoms with Crippen LogP contribution in [0.1, 0.15) is 0 Å². The van der Waals surface area contributed by atoms with E-state index in [1.807, 2.05) is 0 Å². The van der Waals surface area contributed by atoms with Gasteiger partial charge in [-0.15, -0.1) is 0 Å². The summed E-state index contributed by atoms with van der Waals surface area (Å²) in [4.78, 5) is 4.98. The average Bonchev–Trinajstić information content (AvgIpc) is 4.03. The molecule has 0 saturated heterocycles. The van der Waals surface area contributed by atoms with Gasteiger partial charge in [-0.3, -0.25) is 9.80 Å². The third-order valence-corrected chi connectivity index (χ3v) is 11.7. The van der Waals surface area contributed by atoms with E-state index in [-0.39, 0.29) is 6.98 Å². The van der Waals surface area contributed by atoms with Crippen LogP contribution in [-0.4, -0.2) is 20.5 Å². The fourth-order valence-electron chi connectivity index (χ4n) is 9.36. The van der Waals surface area contributed by atoms with Gasteiger partial charge in [0.25, 0.3) is 0 Å². The molecule has 10 aromatic rings. The second kappa shape index (κ2) is 12.0. The van der Waals surface area contributed by atoms with Crippen LogP contribution in [0, 0.1) is 0 Å². The van der Waals surface area contributed by atoms with E-state index in [1.165, 1.54) is 49.5 Å². The van der Waals surface area contributed by atoms with Crippen molar-refractivity contribution in [3.05, 3.63) is 207 Å². The number of rotatable bonds is 5. The molecule has 0 spiro atoms. The summed E-state index contributed by atoms with van der Waals surface area (Å²) in [6.07, 6.45) is 4.48. The Morgan fingerprint density at radius 1 is 0.357 bits per heavy atom.